The molecule has 1 heterocycles. The van der Waals surface area contributed by atoms with Crippen molar-refractivity contribution in [3.8, 4) is 0 Å². The molecule has 0 fully saturated rings. The molecule has 0 aliphatic heterocycles. The van der Waals surface area contributed by atoms with Crippen molar-refractivity contribution in [2.45, 2.75) is 6.61 Å². The zero-order valence-electron chi connectivity index (χ0n) is 8.22. The Bertz CT molecular complexity index is 467. The summed E-state index contributed by atoms with van der Waals surface area (Å²) in [5.41, 5.74) is 2.29. The van der Waals surface area contributed by atoms with Crippen molar-refractivity contribution in [3.63, 3.8) is 0 Å². The minimum Gasteiger partial charge on any atom is -0.456 e. The van der Waals surface area contributed by atoms with E-state index in [-0.39, 0.29) is 12.6 Å². The lowest BCUT2D eigenvalue weighted by atomic mass is 10.2. The molecule has 0 spiro atoms. The molecule has 5 heteroatoms. The average Bonchev–Trinajstić information content (AvgIpc) is 2.80. The highest BCUT2D eigenvalue weighted by molar-refractivity contribution is 14.1. The van der Waals surface area contributed by atoms with Gasteiger partial charge >= 0.3 is 5.97 Å². The van der Waals surface area contributed by atoms with Crippen molar-refractivity contribution in [2.24, 2.45) is 0 Å². The molecule has 0 radical (unpaired) electrons. The predicted molar refractivity (Wildman–Crippen MR) is 70.4 cm³/mol. The third-order valence-corrected chi connectivity index (χ3v) is 3.38. The fourth-order valence-corrected chi connectivity index (χ4v) is 1.98. The van der Waals surface area contributed by atoms with Gasteiger partial charge < -0.3 is 4.74 Å². The van der Waals surface area contributed by atoms with Gasteiger partial charge in [0, 0.05) is 9.77 Å². The topological polar surface area (TPSA) is 39.2 Å². The van der Waals surface area contributed by atoms with E-state index in [1.165, 1.54) is 11.3 Å². The molecule has 0 atom stereocenters. The summed E-state index contributed by atoms with van der Waals surface area (Å²) < 4.78 is 6.24. The van der Waals surface area contributed by atoms with Gasteiger partial charge in [0.25, 0.3) is 0 Å². The fraction of sp³-hybridized carbons (Fsp3) is 0.0909. The summed E-state index contributed by atoms with van der Waals surface area (Å²) in [4.78, 5) is 16.5. The molecule has 0 saturated heterocycles. The van der Waals surface area contributed by atoms with E-state index in [0.717, 1.165) is 8.45 Å². The molecule has 1 aromatic carbocycles. The van der Waals surface area contributed by atoms with Gasteiger partial charge in [-0.15, -0.1) is 11.3 Å². The molecule has 0 amide bonds. The number of carbonyl (C=O) groups is 1. The first kappa shape index (κ1) is 11.5. The normalized spacial score (nSPS) is 10.1. The number of rotatable bonds is 3. The van der Waals surface area contributed by atoms with Crippen LogP contribution < -0.4 is 0 Å². The molecule has 2 aromatic rings. The molecule has 0 bridgehead atoms. The largest absolute Gasteiger partial charge is 0.456 e. The highest BCUT2D eigenvalue weighted by Gasteiger charge is 2.07. The molecule has 0 aliphatic carbocycles. The van der Waals surface area contributed by atoms with E-state index < -0.39 is 0 Å². The van der Waals surface area contributed by atoms with Crippen LogP contribution in [0, 0.1) is 3.57 Å². The van der Waals surface area contributed by atoms with Crippen LogP contribution in [-0.2, 0) is 11.3 Å². The Morgan fingerprint density at radius 1 is 1.38 bits per heavy atom. The lowest BCUT2D eigenvalue weighted by Gasteiger charge is -2.02. The van der Waals surface area contributed by atoms with Gasteiger partial charge in [0.2, 0.25) is 0 Å². The number of carbonyl (C=O) groups excluding carboxylic acids is 1. The maximum atomic E-state index is 11.6. The number of nitrogens with zero attached hydrogens (tertiary/aromatic N) is 1. The third-order valence-electron chi connectivity index (χ3n) is 1.91. The number of ether oxygens (including phenoxy) is 1. The van der Waals surface area contributed by atoms with E-state index in [4.69, 9.17) is 4.74 Å². The minimum absolute atomic E-state index is 0.287. The second-order valence-corrected chi connectivity index (χ2v) is 5.27. The van der Waals surface area contributed by atoms with E-state index in [2.05, 4.69) is 27.6 Å². The van der Waals surface area contributed by atoms with Gasteiger partial charge in [0.05, 0.1) is 16.0 Å². The number of halogens is 1. The smallest absolute Gasteiger partial charge is 0.338 e. The molecule has 0 N–H and O–H groups in total. The second-order valence-electron chi connectivity index (χ2n) is 3.05. The number of aromatic nitrogens is 1. The summed E-state index contributed by atoms with van der Waals surface area (Å²) in [7, 11) is 0. The van der Waals surface area contributed by atoms with Crippen LogP contribution >= 0.6 is 33.9 Å². The Morgan fingerprint density at radius 3 is 2.75 bits per heavy atom. The van der Waals surface area contributed by atoms with Crippen LogP contribution in [0.15, 0.2) is 36.0 Å². The van der Waals surface area contributed by atoms with E-state index >= 15 is 0 Å². The number of thiazole rings is 1. The number of hydrogen-bond acceptors (Lipinski definition) is 4. The summed E-state index contributed by atoms with van der Waals surface area (Å²) >= 11 is 3.66. The first-order chi connectivity index (χ1) is 7.75. The van der Waals surface area contributed by atoms with Crippen molar-refractivity contribution in [1.82, 2.24) is 4.98 Å². The predicted octanol–water partition coefficient (Wildman–Crippen LogP) is 3.10. The van der Waals surface area contributed by atoms with Crippen molar-refractivity contribution >= 4 is 39.9 Å². The van der Waals surface area contributed by atoms with Crippen molar-refractivity contribution < 1.29 is 9.53 Å². The lowest BCUT2D eigenvalue weighted by Crippen LogP contribution is -2.04. The van der Waals surface area contributed by atoms with E-state index in [1.807, 2.05) is 12.1 Å². The van der Waals surface area contributed by atoms with Gasteiger partial charge in [-0.1, -0.05) is 0 Å². The zero-order chi connectivity index (χ0) is 11.4. The first-order valence-corrected chi connectivity index (χ1v) is 6.51. The van der Waals surface area contributed by atoms with E-state index in [1.54, 1.807) is 23.8 Å². The summed E-state index contributed by atoms with van der Waals surface area (Å²) in [6.45, 7) is 0.287. The van der Waals surface area contributed by atoms with Crippen LogP contribution in [0.5, 0.6) is 0 Å². The average molecular weight is 345 g/mol. The SMILES string of the molecule is O=C(OCc1cncs1)c1ccc(I)cc1. The highest BCUT2D eigenvalue weighted by atomic mass is 127. The minimum atomic E-state index is -0.301. The molecular weight excluding hydrogens is 337 g/mol. The van der Waals surface area contributed by atoms with E-state index in [9.17, 15) is 4.79 Å². The van der Waals surface area contributed by atoms with Crippen LogP contribution in [0.3, 0.4) is 0 Å². The van der Waals surface area contributed by atoms with Crippen molar-refractivity contribution in [3.05, 3.63) is 50.0 Å². The number of benzene rings is 1. The molecule has 0 saturated carbocycles. The quantitative estimate of drug-likeness (QED) is 0.634. The van der Waals surface area contributed by atoms with Crippen LogP contribution in [-0.4, -0.2) is 11.0 Å². The van der Waals surface area contributed by atoms with Crippen LogP contribution in [0.1, 0.15) is 15.2 Å². The van der Waals surface area contributed by atoms with Gasteiger partial charge in [0.1, 0.15) is 6.61 Å². The standard InChI is InChI=1S/C11H8INO2S/c12-9-3-1-8(2-4-9)11(14)15-6-10-5-13-7-16-10/h1-5,7H,6H2. The van der Waals surface area contributed by atoms with Crippen molar-refractivity contribution in [2.75, 3.05) is 0 Å². The van der Waals surface area contributed by atoms with Gasteiger partial charge in [-0.25, -0.2) is 4.79 Å². The van der Waals surface area contributed by atoms with Crippen LogP contribution in [0.4, 0.5) is 0 Å². The molecule has 0 unspecified atom stereocenters. The molecule has 0 aliphatic rings. The second kappa shape index (κ2) is 5.40. The Balaban J connectivity index is 1.95. The van der Waals surface area contributed by atoms with Crippen molar-refractivity contribution in [1.29, 1.82) is 0 Å². The van der Waals surface area contributed by atoms with Crippen LogP contribution in [0.25, 0.3) is 0 Å². The molecule has 3 nitrogen and oxygen atoms in total. The van der Waals surface area contributed by atoms with Gasteiger partial charge in [-0.2, -0.15) is 0 Å². The van der Waals surface area contributed by atoms with Gasteiger partial charge in [-0.05, 0) is 46.9 Å². The molecule has 1 aromatic heterocycles. The lowest BCUT2D eigenvalue weighted by molar-refractivity contribution is 0.0476. The molecule has 82 valence electrons. The number of esters is 1. The molecule has 16 heavy (non-hydrogen) atoms. The summed E-state index contributed by atoms with van der Waals surface area (Å²) in [5, 5.41) is 0. The Hall–Kier alpha value is -0.950. The van der Waals surface area contributed by atoms with Gasteiger partial charge in [-0.3, -0.25) is 4.98 Å². The Morgan fingerprint density at radius 2 is 2.12 bits per heavy atom. The fourth-order valence-electron chi connectivity index (χ4n) is 1.12. The summed E-state index contributed by atoms with van der Waals surface area (Å²) in [5.74, 6) is -0.301. The third kappa shape index (κ3) is 3.02. The maximum Gasteiger partial charge on any atom is 0.338 e. The monoisotopic (exact) mass is 345 g/mol. The molecule has 2 rings (SSSR count). The first-order valence-electron chi connectivity index (χ1n) is 4.56. The Labute approximate surface area is 111 Å². The highest BCUT2D eigenvalue weighted by Crippen LogP contribution is 2.11. The Kier molecular flexibility index (Phi) is 3.89. The van der Waals surface area contributed by atoms with Crippen LogP contribution in [0.2, 0.25) is 0 Å². The summed E-state index contributed by atoms with van der Waals surface area (Å²) in [6.07, 6.45) is 1.70. The van der Waals surface area contributed by atoms with Gasteiger partial charge in [0.15, 0.2) is 0 Å². The maximum absolute atomic E-state index is 11.6. The van der Waals surface area contributed by atoms with E-state index in [0.29, 0.717) is 5.56 Å². The summed E-state index contributed by atoms with van der Waals surface area (Å²) in [6, 6.07) is 7.28. The molecular formula is C11H8INO2S. The number of hydrogen-bond donors (Lipinski definition) is 0. The zero-order valence-corrected chi connectivity index (χ0v) is 11.2.